The Labute approximate surface area is 201 Å². The van der Waals surface area contributed by atoms with Gasteiger partial charge < -0.3 is 0 Å². The molecule has 0 spiro atoms. The van der Waals surface area contributed by atoms with E-state index in [9.17, 15) is 0 Å². The lowest BCUT2D eigenvalue weighted by Crippen LogP contribution is -2.22. The van der Waals surface area contributed by atoms with Crippen LogP contribution in [0.4, 0.5) is 0 Å². The summed E-state index contributed by atoms with van der Waals surface area (Å²) in [6.07, 6.45) is 10.9. The van der Waals surface area contributed by atoms with Crippen LogP contribution in [0.2, 0.25) is 0 Å². The molecule has 0 N–H and O–H groups in total. The Morgan fingerprint density at radius 1 is 0.900 bits per heavy atom. The van der Waals surface area contributed by atoms with Crippen molar-refractivity contribution in [1.29, 1.82) is 0 Å². The fourth-order valence-corrected chi connectivity index (χ4v) is 4.72. The molecule has 166 valence electrons. The topological polar surface area (TPSA) is 0 Å². The van der Waals surface area contributed by atoms with Crippen molar-refractivity contribution in [3.8, 4) is 11.1 Å². The van der Waals surface area contributed by atoms with Gasteiger partial charge in [0, 0.05) is 21.3 Å². The molecule has 0 saturated heterocycles. The van der Waals surface area contributed by atoms with E-state index in [4.69, 9.17) is 0 Å². The van der Waals surface area contributed by atoms with Gasteiger partial charge in [-0.1, -0.05) is 103 Å². The smallest absolute Gasteiger partial charge is 0.0475 e. The van der Waals surface area contributed by atoms with Crippen molar-refractivity contribution in [2.45, 2.75) is 57.3 Å². The highest BCUT2D eigenvalue weighted by atomic mass is 79.9. The van der Waals surface area contributed by atoms with Gasteiger partial charge in [-0.2, -0.15) is 0 Å². The normalized spacial score (nSPS) is 15.4. The van der Waals surface area contributed by atoms with Gasteiger partial charge in [0.25, 0.3) is 0 Å². The van der Waals surface area contributed by atoms with E-state index in [1.54, 1.807) is 0 Å². The van der Waals surface area contributed by atoms with Crippen LogP contribution in [-0.4, -0.2) is 0 Å². The standard InChI is InChI=1S/C29H27Br.8H2/c1-3-5-7-9-11-15-21-29(22-16-12-10-8-6-4-2)27-18-14-13-17-25(27)26-20-19-24(30)23-28(26)29;;;;;;;;/h13-14,17-21,23H,1,4,6,8,10,12,16,22H2,2H3;8*1H. The van der Waals surface area contributed by atoms with Gasteiger partial charge in [-0.3, -0.25) is 0 Å². The summed E-state index contributed by atoms with van der Waals surface area (Å²) >= 11 is 3.69. The summed E-state index contributed by atoms with van der Waals surface area (Å²) in [6, 6.07) is 15.4. The molecule has 0 bridgehead atoms. The second kappa shape index (κ2) is 10.9. The summed E-state index contributed by atoms with van der Waals surface area (Å²) in [6.45, 7) is 5.73. The number of unbranched alkanes of at least 4 members (excludes halogenated alkanes) is 5. The Hall–Kier alpha value is -2.66. The molecule has 0 amide bonds. The van der Waals surface area contributed by atoms with Crippen molar-refractivity contribution in [1.82, 2.24) is 0 Å². The SMILES string of the molecule is C=C=C=C=C=C=C=CC1(CCCCCCCC)c2ccccc2-c2ccc(Br)cc21.[HH].[HH].[HH].[HH].[HH].[HH].[HH].[HH]. The Morgan fingerprint density at radius 3 is 2.47 bits per heavy atom. The summed E-state index contributed by atoms with van der Waals surface area (Å²) in [7, 11) is 0. The van der Waals surface area contributed by atoms with Gasteiger partial charge in [0.1, 0.15) is 0 Å². The van der Waals surface area contributed by atoms with Crippen LogP contribution in [-0.2, 0) is 5.41 Å². The fraction of sp³-hybridized carbons (Fsp3) is 0.310. The minimum Gasteiger partial charge on any atom is -0.0687 e. The zero-order valence-corrected chi connectivity index (χ0v) is 19.2. The van der Waals surface area contributed by atoms with E-state index in [1.807, 2.05) is 0 Å². The number of rotatable bonds is 8. The average molecular weight is 472 g/mol. The monoisotopic (exact) mass is 470 g/mol. The highest BCUT2D eigenvalue weighted by Crippen LogP contribution is 2.52. The molecular formula is C29H43Br. The maximum atomic E-state index is 3.69. The van der Waals surface area contributed by atoms with Gasteiger partial charge in [-0.25, -0.2) is 0 Å². The van der Waals surface area contributed by atoms with Crippen LogP contribution in [0.3, 0.4) is 0 Å². The summed E-state index contributed by atoms with van der Waals surface area (Å²) in [5.41, 5.74) is 22.0. The lowest BCUT2D eigenvalue weighted by Gasteiger charge is -2.28. The molecule has 0 fully saturated rings. The second-order valence-electron chi connectivity index (χ2n) is 7.69. The predicted octanol–water partition coefficient (Wildman–Crippen LogP) is 10.6. The maximum Gasteiger partial charge on any atom is 0.0475 e. The first kappa shape index (κ1) is 22.0. The molecule has 1 heteroatoms. The highest BCUT2D eigenvalue weighted by molar-refractivity contribution is 9.10. The molecular weight excluding hydrogens is 428 g/mol. The summed E-state index contributed by atoms with van der Waals surface area (Å²) in [4.78, 5) is 0. The molecule has 0 nitrogen and oxygen atoms in total. The largest absolute Gasteiger partial charge is 0.0687 e. The molecule has 1 unspecified atom stereocenters. The highest BCUT2D eigenvalue weighted by Gasteiger charge is 2.40. The van der Waals surface area contributed by atoms with E-state index in [-0.39, 0.29) is 16.8 Å². The minimum absolute atomic E-state index is 0. The lowest BCUT2D eigenvalue weighted by atomic mass is 9.74. The fourth-order valence-electron chi connectivity index (χ4n) is 4.36. The third-order valence-electron chi connectivity index (χ3n) is 5.75. The van der Waals surface area contributed by atoms with Gasteiger partial charge in [0.05, 0.1) is 0 Å². The van der Waals surface area contributed by atoms with E-state index in [0.29, 0.717) is 0 Å². The van der Waals surface area contributed by atoms with Crippen molar-refractivity contribution >= 4 is 15.9 Å². The number of benzene rings is 2. The van der Waals surface area contributed by atoms with Crippen LogP contribution in [0, 0.1) is 0 Å². The molecule has 0 radical (unpaired) electrons. The number of hydrogen-bond donors (Lipinski definition) is 0. The molecule has 1 atom stereocenters. The maximum absolute atomic E-state index is 3.69. The van der Waals surface area contributed by atoms with Crippen LogP contribution in [0.5, 0.6) is 0 Å². The van der Waals surface area contributed by atoms with Crippen LogP contribution in [0.25, 0.3) is 11.1 Å². The van der Waals surface area contributed by atoms with Crippen LogP contribution >= 0.6 is 15.9 Å². The Kier molecular flexibility index (Phi) is 8.03. The number of hydrogen-bond acceptors (Lipinski definition) is 0. The molecule has 0 saturated carbocycles. The van der Waals surface area contributed by atoms with Crippen LogP contribution in [0.15, 0.2) is 94.0 Å². The number of halogens is 1. The zero-order valence-electron chi connectivity index (χ0n) is 17.7. The first-order chi connectivity index (χ1) is 14.7. The Morgan fingerprint density at radius 2 is 1.63 bits per heavy atom. The van der Waals surface area contributed by atoms with E-state index in [1.165, 1.54) is 60.8 Å². The summed E-state index contributed by atoms with van der Waals surface area (Å²) in [5.74, 6) is 0. The lowest BCUT2D eigenvalue weighted by molar-refractivity contribution is 0.518. The predicted molar refractivity (Wildman–Crippen MR) is 147 cm³/mol. The molecule has 0 aromatic heterocycles. The van der Waals surface area contributed by atoms with Gasteiger partial charge in [-0.15, -0.1) is 0 Å². The van der Waals surface area contributed by atoms with E-state index in [0.717, 1.165) is 10.9 Å². The molecule has 1 aliphatic carbocycles. The van der Waals surface area contributed by atoms with E-state index >= 15 is 0 Å². The van der Waals surface area contributed by atoms with Crippen molar-refractivity contribution < 1.29 is 11.4 Å². The molecule has 0 aliphatic heterocycles. The second-order valence-corrected chi connectivity index (χ2v) is 8.61. The van der Waals surface area contributed by atoms with Gasteiger partial charge in [0.2, 0.25) is 0 Å². The number of allylic oxidation sites excluding steroid dienone is 1. The average Bonchev–Trinajstić information content (AvgIpc) is 3.03. The molecule has 2 aromatic carbocycles. The zero-order chi connectivity index (χ0) is 21.2. The third-order valence-corrected chi connectivity index (χ3v) is 6.24. The molecule has 30 heavy (non-hydrogen) atoms. The van der Waals surface area contributed by atoms with E-state index in [2.05, 4.69) is 112 Å². The van der Waals surface area contributed by atoms with Crippen LogP contribution in [0.1, 0.15) is 74.4 Å². The van der Waals surface area contributed by atoms with Crippen molar-refractivity contribution in [3.05, 3.63) is 105 Å². The van der Waals surface area contributed by atoms with Gasteiger partial charge in [-0.05, 0) is 76.4 Å². The van der Waals surface area contributed by atoms with Crippen molar-refractivity contribution in [3.63, 3.8) is 0 Å². The molecule has 1 aliphatic rings. The summed E-state index contributed by atoms with van der Waals surface area (Å²) < 4.78 is 1.10. The third kappa shape index (κ3) is 4.90. The van der Waals surface area contributed by atoms with Gasteiger partial charge >= 0.3 is 0 Å². The summed E-state index contributed by atoms with van der Waals surface area (Å²) in [5, 5.41) is 0. The number of fused-ring (bicyclic) bond motifs is 3. The first-order valence-electron chi connectivity index (χ1n) is 10.7. The van der Waals surface area contributed by atoms with Gasteiger partial charge in [0.15, 0.2) is 0 Å². The Bertz CT molecular complexity index is 1160. The molecule has 0 heterocycles. The van der Waals surface area contributed by atoms with Crippen LogP contribution < -0.4 is 0 Å². The molecule has 3 rings (SSSR count). The van der Waals surface area contributed by atoms with E-state index < -0.39 is 0 Å². The minimum atomic E-state index is -0.201. The first-order valence-corrected chi connectivity index (χ1v) is 11.5. The van der Waals surface area contributed by atoms with Crippen molar-refractivity contribution in [2.24, 2.45) is 0 Å². The van der Waals surface area contributed by atoms with Crippen molar-refractivity contribution in [2.75, 3.05) is 0 Å². The quantitative estimate of drug-likeness (QED) is 0.265. The Balaban J connectivity index is -0.000000320. The molecule has 2 aromatic rings.